The van der Waals surface area contributed by atoms with Crippen LogP contribution >= 0.6 is 0 Å². The van der Waals surface area contributed by atoms with E-state index in [0.29, 0.717) is 25.4 Å². The molecule has 0 radical (unpaired) electrons. The number of anilines is 1. The summed E-state index contributed by atoms with van der Waals surface area (Å²) in [5.74, 6) is 2.12. The van der Waals surface area contributed by atoms with Crippen molar-refractivity contribution < 1.29 is 14.3 Å². The molecule has 7 nitrogen and oxygen atoms in total. The van der Waals surface area contributed by atoms with Crippen molar-refractivity contribution in [1.82, 2.24) is 15.1 Å². The molecule has 1 aliphatic heterocycles. The molecule has 26 heavy (non-hydrogen) atoms. The van der Waals surface area contributed by atoms with Gasteiger partial charge in [-0.2, -0.15) is 0 Å². The van der Waals surface area contributed by atoms with Gasteiger partial charge in [-0.15, -0.1) is 10.2 Å². The summed E-state index contributed by atoms with van der Waals surface area (Å²) in [6.45, 7) is 1.26. The van der Waals surface area contributed by atoms with Crippen molar-refractivity contribution in [3.05, 3.63) is 42.0 Å². The van der Waals surface area contributed by atoms with E-state index >= 15 is 0 Å². The number of carbonyl (C=O) groups excluding carboxylic acids is 1. The van der Waals surface area contributed by atoms with Gasteiger partial charge < -0.3 is 19.3 Å². The third-order valence-corrected chi connectivity index (χ3v) is 4.36. The Hall–Kier alpha value is -2.83. The lowest BCUT2D eigenvalue weighted by Crippen LogP contribution is -2.32. The number of ether oxygens (including phenoxy) is 2. The molecule has 0 N–H and O–H groups in total. The average Bonchev–Trinajstić information content (AvgIpc) is 3.11. The predicted octanol–water partition coefficient (Wildman–Crippen LogP) is 1.77. The van der Waals surface area contributed by atoms with Crippen molar-refractivity contribution >= 4 is 11.7 Å². The van der Waals surface area contributed by atoms with E-state index in [4.69, 9.17) is 9.47 Å². The van der Waals surface area contributed by atoms with Gasteiger partial charge in [0.15, 0.2) is 5.82 Å². The first kappa shape index (κ1) is 18.0. The molecule has 1 unspecified atom stereocenters. The normalized spacial score (nSPS) is 16.4. The number of nitrogens with zero attached hydrogens (tertiary/aromatic N) is 4. The van der Waals surface area contributed by atoms with Gasteiger partial charge in [0.05, 0.1) is 20.1 Å². The molecule has 1 fully saturated rings. The largest absolute Gasteiger partial charge is 0.497 e. The van der Waals surface area contributed by atoms with E-state index in [2.05, 4.69) is 10.2 Å². The van der Waals surface area contributed by atoms with Crippen molar-refractivity contribution in [2.24, 2.45) is 0 Å². The number of hydrogen-bond donors (Lipinski definition) is 0. The standard InChI is InChI=1S/C19H24N4O3/c1-22(2)17-7-8-18(21-20-17)26-16-9-10-23(13-16)19(24)12-14-5-4-6-15(11-14)25-3/h4-8,11,16H,9-10,12-13H2,1-3H3. The zero-order valence-corrected chi connectivity index (χ0v) is 15.4. The Bertz CT molecular complexity index is 749. The molecule has 0 spiro atoms. The summed E-state index contributed by atoms with van der Waals surface area (Å²) >= 11 is 0. The third-order valence-electron chi connectivity index (χ3n) is 4.36. The quantitative estimate of drug-likeness (QED) is 0.786. The highest BCUT2D eigenvalue weighted by atomic mass is 16.5. The molecule has 0 aliphatic carbocycles. The molecule has 138 valence electrons. The lowest BCUT2D eigenvalue weighted by Gasteiger charge is -2.17. The summed E-state index contributed by atoms with van der Waals surface area (Å²) in [6.07, 6.45) is 1.10. The summed E-state index contributed by atoms with van der Waals surface area (Å²) in [5, 5.41) is 8.19. The van der Waals surface area contributed by atoms with E-state index in [1.54, 1.807) is 7.11 Å². The van der Waals surface area contributed by atoms with Crippen LogP contribution in [0.2, 0.25) is 0 Å². The van der Waals surface area contributed by atoms with Gasteiger partial charge in [0.2, 0.25) is 11.8 Å². The van der Waals surface area contributed by atoms with Gasteiger partial charge in [-0.3, -0.25) is 4.79 Å². The monoisotopic (exact) mass is 356 g/mol. The van der Waals surface area contributed by atoms with Crippen LogP contribution in [0.15, 0.2) is 36.4 Å². The van der Waals surface area contributed by atoms with Crippen LogP contribution in [0, 0.1) is 0 Å². The fraction of sp³-hybridized carbons (Fsp3) is 0.421. The molecule has 1 saturated heterocycles. The summed E-state index contributed by atoms with van der Waals surface area (Å²) in [7, 11) is 5.44. The maximum atomic E-state index is 12.5. The van der Waals surface area contributed by atoms with Crippen LogP contribution in [-0.4, -0.2) is 61.4 Å². The topological polar surface area (TPSA) is 67.8 Å². The first-order valence-electron chi connectivity index (χ1n) is 8.63. The Morgan fingerprint density at radius 3 is 2.81 bits per heavy atom. The number of benzene rings is 1. The Labute approximate surface area is 153 Å². The Morgan fingerprint density at radius 2 is 2.12 bits per heavy atom. The number of likely N-dealkylation sites (tertiary alicyclic amines) is 1. The Morgan fingerprint density at radius 1 is 1.27 bits per heavy atom. The zero-order chi connectivity index (χ0) is 18.5. The molecular weight excluding hydrogens is 332 g/mol. The lowest BCUT2D eigenvalue weighted by atomic mass is 10.1. The average molecular weight is 356 g/mol. The predicted molar refractivity (Wildman–Crippen MR) is 98.7 cm³/mol. The number of rotatable bonds is 6. The van der Waals surface area contributed by atoms with E-state index in [-0.39, 0.29) is 12.0 Å². The van der Waals surface area contributed by atoms with Gasteiger partial charge >= 0.3 is 0 Å². The van der Waals surface area contributed by atoms with Crippen LogP contribution in [0.5, 0.6) is 11.6 Å². The molecule has 1 aliphatic rings. The maximum absolute atomic E-state index is 12.5. The summed E-state index contributed by atoms with van der Waals surface area (Å²) in [4.78, 5) is 16.2. The van der Waals surface area contributed by atoms with E-state index < -0.39 is 0 Å². The van der Waals surface area contributed by atoms with Gasteiger partial charge in [-0.1, -0.05) is 12.1 Å². The zero-order valence-electron chi connectivity index (χ0n) is 15.4. The lowest BCUT2D eigenvalue weighted by molar-refractivity contribution is -0.129. The minimum Gasteiger partial charge on any atom is -0.497 e. The van der Waals surface area contributed by atoms with E-state index in [1.807, 2.05) is 60.3 Å². The molecule has 0 bridgehead atoms. The van der Waals surface area contributed by atoms with Gasteiger partial charge in [0, 0.05) is 33.1 Å². The van der Waals surface area contributed by atoms with E-state index in [0.717, 1.165) is 23.6 Å². The number of methoxy groups -OCH3 is 1. The van der Waals surface area contributed by atoms with Crippen LogP contribution in [0.25, 0.3) is 0 Å². The third kappa shape index (κ3) is 4.41. The van der Waals surface area contributed by atoms with E-state index in [9.17, 15) is 4.79 Å². The molecule has 0 saturated carbocycles. The van der Waals surface area contributed by atoms with Crippen LogP contribution < -0.4 is 14.4 Å². The maximum Gasteiger partial charge on any atom is 0.233 e. The summed E-state index contributed by atoms with van der Waals surface area (Å²) in [6, 6.07) is 11.3. The van der Waals surface area contributed by atoms with Crippen molar-refractivity contribution in [3.8, 4) is 11.6 Å². The van der Waals surface area contributed by atoms with Crippen LogP contribution in [0.3, 0.4) is 0 Å². The minimum absolute atomic E-state index is 0.0521. The van der Waals surface area contributed by atoms with Crippen LogP contribution in [0.4, 0.5) is 5.82 Å². The highest BCUT2D eigenvalue weighted by Gasteiger charge is 2.28. The summed E-state index contributed by atoms with van der Waals surface area (Å²) < 4.78 is 11.1. The highest BCUT2D eigenvalue weighted by Crippen LogP contribution is 2.19. The number of amides is 1. The van der Waals surface area contributed by atoms with Crippen molar-refractivity contribution in [1.29, 1.82) is 0 Å². The molecule has 7 heteroatoms. The first-order chi connectivity index (χ1) is 12.5. The molecule has 3 rings (SSSR count). The van der Waals surface area contributed by atoms with Gasteiger partial charge in [-0.05, 0) is 23.8 Å². The second kappa shape index (κ2) is 8.03. The number of carbonyl (C=O) groups is 1. The summed E-state index contributed by atoms with van der Waals surface area (Å²) in [5.41, 5.74) is 0.948. The smallest absolute Gasteiger partial charge is 0.233 e. The van der Waals surface area contributed by atoms with Crippen LogP contribution in [0.1, 0.15) is 12.0 Å². The highest BCUT2D eigenvalue weighted by molar-refractivity contribution is 5.79. The fourth-order valence-corrected chi connectivity index (χ4v) is 2.90. The molecule has 1 aromatic heterocycles. The fourth-order valence-electron chi connectivity index (χ4n) is 2.90. The number of hydrogen-bond acceptors (Lipinski definition) is 6. The van der Waals surface area contributed by atoms with Crippen molar-refractivity contribution in [2.45, 2.75) is 18.9 Å². The van der Waals surface area contributed by atoms with Gasteiger partial charge in [0.25, 0.3) is 0 Å². The van der Waals surface area contributed by atoms with Crippen molar-refractivity contribution in [2.75, 3.05) is 39.2 Å². The molecule has 2 aromatic rings. The molecule has 1 atom stereocenters. The second-order valence-corrected chi connectivity index (χ2v) is 6.52. The Kier molecular flexibility index (Phi) is 5.55. The van der Waals surface area contributed by atoms with Crippen molar-refractivity contribution in [3.63, 3.8) is 0 Å². The van der Waals surface area contributed by atoms with Gasteiger partial charge in [-0.25, -0.2) is 0 Å². The Balaban J connectivity index is 1.53. The van der Waals surface area contributed by atoms with Crippen LogP contribution in [-0.2, 0) is 11.2 Å². The van der Waals surface area contributed by atoms with E-state index in [1.165, 1.54) is 0 Å². The minimum atomic E-state index is -0.0521. The molecular formula is C19H24N4O3. The first-order valence-corrected chi connectivity index (χ1v) is 8.63. The SMILES string of the molecule is COc1cccc(CC(=O)N2CCC(Oc3ccc(N(C)C)nn3)C2)c1. The molecule has 1 amide bonds. The molecule has 2 heterocycles. The number of aromatic nitrogens is 2. The second-order valence-electron chi connectivity index (χ2n) is 6.52. The molecule has 1 aromatic carbocycles. The van der Waals surface area contributed by atoms with Gasteiger partial charge in [0.1, 0.15) is 11.9 Å².